The highest BCUT2D eigenvalue weighted by molar-refractivity contribution is 6.42. The number of aryl methyl sites for hydroxylation is 1. The molecule has 1 aliphatic heterocycles. The Kier molecular flexibility index (Phi) is 5.17. The molecule has 0 bridgehead atoms. The minimum atomic E-state index is -0.114. The predicted molar refractivity (Wildman–Crippen MR) is 100 cm³/mol. The third-order valence-electron chi connectivity index (χ3n) is 4.14. The molecule has 4 nitrogen and oxygen atoms in total. The predicted octanol–water partition coefficient (Wildman–Crippen LogP) is 4.66. The van der Waals surface area contributed by atoms with E-state index in [0.29, 0.717) is 28.8 Å². The first-order chi connectivity index (χ1) is 11.5. The van der Waals surface area contributed by atoms with Gasteiger partial charge in [-0.15, -0.1) is 0 Å². The van der Waals surface area contributed by atoms with E-state index in [9.17, 15) is 4.79 Å². The van der Waals surface area contributed by atoms with Gasteiger partial charge in [0.25, 0.3) is 0 Å². The number of piperazine rings is 1. The minimum absolute atomic E-state index is 0.114. The van der Waals surface area contributed by atoms with Crippen molar-refractivity contribution in [2.45, 2.75) is 6.92 Å². The van der Waals surface area contributed by atoms with E-state index in [1.807, 2.05) is 4.90 Å². The van der Waals surface area contributed by atoms with E-state index in [4.69, 9.17) is 23.2 Å². The van der Waals surface area contributed by atoms with Crippen molar-refractivity contribution in [1.29, 1.82) is 0 Å². The summed E-state index contributed by atoms with van der Waals surface area (Å²) in [6.07, 6.45) is 0. The van der Waals surface area contributed by atoms with Crippen LogP contribution in [0.1, 0.15) is 5.56 Å². The molecule has 1 saturated heterocycles. The Morgan fingerprint density at radius 2 is 1.62 bits per heavy atom. The van der Waals surface area contributed by atoms with Crippen molar-refractivity contribution < 1.29 is 4.79 Å². The van der Waals surface area contributed by atoms with Crippen molar-refractivity contribution in [2.75, 3.05) is 36.4 Å². The average molecular weight is 364 g/mol. The van der Waals surface area contributed by atoms with Crippen molar-refractivity contribution in [2.24, 2.45) is 0 Å². The number of nitrogens with zero attached hydrogens (tertiary/aromatic N) is 2. The van der Waals surface area contributed by atoms with Gasteiger partial charge >= 0.3 is 6.03 Å². The Morgan fingerprint density at radius 1 is 0.958 bits per heavy atom. The summed E-state index contributed by atoms with van der Waals surface area (Å²) in [5.74, 6) is 0. The summed E-state index contributed by atoms with van der Waals surface area (Å²) < 4.78 is 0. The molecule has 24 heavy (non-hydrogen) atoms. The van der Waals surface area contributed by atoms with Crippen LogP contribution in [0.5, 0.6) is 0 Å². The number of rotatable bonds is 2. The van der Waals surface area contributed by atoms with E-state index in [-0.39, 0.29) is 6.03 Å². The Hall–Kier alpha value is -1.91. The normalized spacial score (nSPS) is 14.6. The van der Waals surface area contributed by atoms with E-state index >= 15 is 0 Å². The standard InChI is InChI=1S/C18H19Cl2N3O/c1-13-2-5-15(6-3-13)22-8-10-23(11-9-22)18(24)21-14-4-7-16(19)17(20)12-14/h2-7,12H,8-11H2,1H3,(H,21,24). The Morgan fingerprint density at radius 3 is 2.25 bits per heavy atom. The number of anilines is 2. The van der Waals surface area contributed by atoms with Crippen LogP contribution >= 0.6 is 23.2 Å². The van der Waals surface area contributed by atoms with Crippen molar-refractivity contribution in [1.82, 2.24) is 4.90 Å². The number of hydrogen-bond donors (Lipinski definition) is 1. The molecule has 0 spiro atoms. The number of urea groups is 1. The molecule has 6 heteroatoms. The van der Waals surface area contributed by atoms with E-state index < -0.39 is 0 Å². The highest BCUT2D eigenvalue weighted by Crippen LogP contribution is 2.25. The van der Waals surface area contributed by atoms with Gasteiger partial charge in [0.05, 0.1) is 10.0 Å². The first-order valence-electron chi connectivity index (χ1n) is 7.85. The van der Waals surface area contributed by atoms with E-state index in [0.717, 1.165) is 13.1 Å². The third-order valence-corrected chi connectivity index (χ3v) is 4.88. The van der Waals surface area contributed by atoms with Gasteiger partial charge in [0, 0.05) is 37.6 Å². The molecule has 0 atom stereocenters. The molecule has 126 valence electrons. The van der Waals surface area contributed by atoms with Crippen LogP contribution in [-0.2, 0) is 0 Å². The second kappa shape index (κ2) is 7.32. The zero-order valence-corrected chi connectivity index (χ0v) is 14.9. The number of amides is 2. The van der Waals surface area contributed by atoms with Gasteiger partial charge in [-0.1, -0.05) is 40.9 Å². The SMILES string of the molecule is Cc1ccc(N2CCN(C(=O)Nc3ccc(Cl)c(Cl)c3)CC2)cc1. The molecule has 0 radical (unpaired) electrons. The van der Waals surface area contributed by atoms with Gasteiger partial charge in [0.2, 0.25) is 0 Å². The lowest BCUT2D eigenvalue weighted by molar-refractivity contribution is 0.208. The van der Waals surface area contributed by atoms with Crippen LogP contribution in [0.4, 0.5) is 16.2 Å². The maximum Gasteiger partial charge on any atom is 0.321 e. The fraction of sp³-hybridized carbons (Fsp3) is 0.278. The maximum absolute atomic E-state index is 12.4. The Labute approximate surface area is 152 Å². The lowest BCUT2D eigenvalue weighted by Crippen LogP contribution is -2.50. The summed E-state index contributed by atoms with van der Waals surface area (Å²) in [6.45, 7) is 5.08. The molecule has 3 rings (SSSR count). The van der Waals surface area contributed by atoms with E-state index in [1.54, 1.807) is 18.2 Å². The summed E-state index contributed by atoms with van der Waals surface area (Å²) >= 11 is 11.9. The van der Waals surface area contributed by atoms with Gasteiger partial charge in [0.15, 0.2) is 0 Å². The maximum atomic E-state index is 12.4. The fourth-order valence-corrected chi connectivity index (χ4v) is 3.00. The van der Waals surface area contributed by atoms with Crippen molar-refractivity contribution in [3.05, 3.63) is 58.1 Å². The van der Waals surface area contributed by atoms with Crippen LogP contribution in [0.2, 0.25) is 10.0 Å². The number of hydrogen-bond acceptors (Lipinski definition) is 2. The second-order valence-electron chi connectivity index (χ2n) is 5.87. The molecular formula is C18H19Cl2N3O. The van der Waals surface area contributed by atoms with Gasteiger partial charge in [-0.25, -0.2) is 4.79 Å². The van der Waals surface area contributed by atoms with Crippen molar-refractivity contribution >= 4 is 40.6 Å². The highest BCUT2D eigenvalue weighted by Gasteiger charge is 2.21. The lowest BCUT2D eigenvalue weighted by Gasteiger charge is -2.36. The average Bonchev–Trinajstić information content (AvgIpc) is 2.59. The molecule has 1 aliphatic rings. The van der Waals surface area contributed by atoms with Crippen LogP contribution in [0, 0.1) is 6.92 Å². The third kappa shape index (κ3) is 3.94. The number of carbonyl (C=O) groups is 1. The Balaban J connectivity index is 1.56. The number of carbonyl (C=O) groups excluding carboxylic acids is 1. The summed E-state index contributed by atoms with van der Waals surface area (Å²) in [5, 5.41) is 3.77. The topological polar surface area (TPSA) is 35.6 Å². The molecule has 0 aliphatic carbocycles. The van der Waals surface area contributed by atoms with Crippen molar-refractivity contribution in [3.63, 3.8) is 0 Å². The molecule has 0 aromatic heterocycles. The lowest BCUT2D eigenvalue weighted by atomic mass is 10.2. The summed E-state index contributed by atoms with van der Waals surface area (Å²) in [4.78, 5) is 16.5. The molecule has 0 unspecified atom stereocenters. The summed E-state index contributed by atoms with van der Waals surface area (Å²) in [6, 6.07) is 13.4. The van der Waals surface area contributed by atoms with Crippen LogP contribution in [0.25, 0.3) is 0 Å². The quantitative estimate of drug-likeness (QED) is 0.842. The van der Waals surface area contributed by atoms with Crippen LogP contribution < -0.4 is 10.2 Å². The zero-order chi connectivity index (χ0) is 17.1. The minimum Gasteiger partial charge on any atom is -0.368 e. The Bertz CT molecular complexity index is 726. The molecule has 1 fully saturated rings. The van der Waals surface area contributed by atoms with Gasteiger partial charge in [-0.3, -0.25) is 0 Å². The monoisotopic (exact) mass is 363 g/mol. The summed E-state index contributed by atoms with van der Waals surface area (Å²) in [7, 11) is 0. The largest absolute Gasteiger partial charge is 0.368 e. The van der Waals surface area contributed by atoms with Gasteiger partial charge in [-0.2, -0.15) is 0 Å². The molecule has 1 heterocycles. The van der Waals surface area contributed by atoms with Crippen molar-refractivity contribution in [3.8, 4) is 0 Å². The van der Waals surface area contributed by atoms with E-state index in [1.165, 1.54) is 11.3 Å². The first-order valence-corrected chi connectivity index (χ1v) is 8.61. The van der Waals surface area contributed by atoms with E-state index in [2.05, 4.69) is 41.4 Å². The molecule has 2 aromatic carbocycles. The molecule has 1 N–H and O–H groups in total. The molecule has 0 saturated carbocycles. The van der Waals surface area contributed by atoms with Crippen LogP contribution in [0.15, 0.2) is 42.5 Å². The second-order valence-corrected chi connectivity index (χ2v) is 6.68. The highest BCUT2D eigenvalue weighted by atomic mass is 35.5. The number of halogens is 2. The van der Waals surface area contributed by atoms with Gasteiger partial charge in [0.1, 0.15) is 0 Å². The zero-order valence-electron chi connectivity index (χ0n) is 13.4. The smallest absolute Gasteiger partial charge is 0.321 e. The first kappa shape index (κ1) is 16.9. The van der Waals surface area contributed by atoms with Gasteiger partial charge in [-0.05, 0) is 37.3 Å². The molecular weight excluding hydrogens is 345 g/mol. The van der Waals surface area contributed by atoms with Crippen LogP contribution in [-0.4, -0.2) is 37.1 Å². The fourth-order valence-electron chi connectivity index (χ4n) is 2.70. The molecule has 2 aromatic rings. The number of nitrogens with one attached hydrogen (secondary N) is 1. The number of benzene rings is 2. The molecule has 2 amide bonds. The van der Waals surface area contributed by atoms with Crippen LogP contribution in [0.3, 0.4) is 0 Å². The summed E-state index contributed by atoms with van der Waals surface area (Å²) in [5.41, 5.74) is 3.10. The van der Waals surface area contributed by atoms with Gasteiger partial charge < -0.3 is 15.1 Å².